The van der Waals surface area contributed by atoms with Gasteiger partial charge in [0.25, 0.3) is 5.56 Å². The highest BCUT2D eigenvalue weighted by atomic mass is 32.2. The number of nitrogens with zero attached hydrogens (tertiary/aromatic N) is 1. The second-order valence-corrected chi connectivity index (χ2v) is 20.7. The lowest BCUT2D eigenvalue weighted by atomic mass is 10.0. The molecule has 1 aromatic heterocycles. The van der Waals surface area contributed by atoms with Crippen LogP contribution in [0.5, 0.6) is 0 Å². The molecule has 182 valence electrons. The largest absolute Gasteiger partial charge is 0.414 e. The van der Waals surface area contributed by atoms with E-state index in [1.165, 1.54) is 6.07 Å². The van der Waals surface area contributed by atoms with Crippen molar-refractivity contribution in [3.8, 4) is 0 Å². The van der Waals surface area contributed by atoms with Gasteiger partial charge in [-0.2, -0.15) is 0 Å². The molecular weight excluding hydrogens is 460 g/mol. The van der Waals surface area contributed by atoms with Crippen LogP contribution in [-0.2, 0) is 13.0 Å². The minimum Gasteiger partial charge on any atom is -0.414 e. The maximum Gasteiger partial charge on any atom is 0.334 e. The van der Waals surface area contributed by atoms with Crippen LogP contribution >= 0.6 is 11.8 Å². The van der Waals surface area contributed by atoms with Crippen molar-refractivity contribution < 1.29 is 13.0 Å². The standard InChI is InChI=1S/C22H40N2O5SSi2/c1-13(2)31(14(3)4)27-12-18-20(28-32(29-31,15(5)6)16(7)8)17(9)21(30-18)24-11-10-19(25)23-22(24)26/h10-11,13-18,20-21H,12H2,1-9H3,(H,23,25,26)/t17-,18-,20+,21-/m1/s1. The fourth-order valence-electron chi connectivity index (χ4n) is 5.28. The average molecular weight is 501 g/mol. The first kappa shape index (κ1) is 26.0. The molecule has 0 saturated carbocycles. The van der Waals surface area contributed by atoms with Gasteiger partial charge in [0.1, 0.15) is 0 Å². The summed E-state index contributed by atoms with van der Waals surface area (Å²) in [5.74, 6) is 0.0671. The molecule has 10 heteroatoms. The monoisotopic (exact) mass is 500 g/mol. The fourth-order valence-corrected chi connectivity index (χ4v) is 18.5. The van der Waals surface area contributed by atoms with Crippen LogP contribution < -0.4 is 11.2 Å². The van der Waals surface area contributed by atoms with Crippen LogP contribution in [0.25, 0.3) is 0 Å². The number of thioether (sulfide) groups is 1. The molecule has 0 unspecified atom stereocenters. The van der Waals surface area contributed by atoms with Crippen molar-refractivity contribution in [2.45, 2.75) is 101 Å². The fraction of sp³-hybridized carbons (Fsp3) is 0.818. The molecule has 0 bridgehead atoms. The highest BCUT2D eigenvalue weighted by Gasteiger charge is 2.61. The van der Waals surface area contributed by atoms with Crippen molar-refractivity contribution >= 4 is 28.9 Å². The predicted molar refractivity (Wildman–Crippen MR) is 135 cm³/mol. The summed E-state index contributed by atoms with van der Waals surface area (Å²) in [6.45, 7) is 20.5. The van der Waals surface area contributed by atoms with E-state index >= 15 is 0 Å². The third-order valence-corrected chi connectivity index (χ3v) is 19.0. The Bertz CT molecular complexity index is 900. The third-order valence-electron chi connectivity index (χ3n) is 7.11. The molecule has 2 fully saturated rings. The molecule has 1 aromatic rings. The summed E-state index contributed by atoms with van der Waals surface area (Å²) in [5, 5.41) is -0.0253. The zero-order valence-electron chi connectivity index (χ0n) is 20.9. The first-order valence-corrected chi connectivity index (χ1v) is 16.7. The van der Waals surface area contributed by atoms with Crippen LogP contribution in [0.3, 0.4) is 0 Å². The molecule has 0 radical (unpaired) electrons. The van der Waals surface area contributed by atoms with Crippen LogP contribution in [0, 0.1) is 5.92 Å². The summed E-state index contributed by atoms with van der Waals surface area (Å²) < 4.78 is 22.9. The molecule has 32 heavy (non-hydrogen) atoms. The molecule has 0 aliphatic carbocycles. The predicted octanol–water partition coefficient (Wildman–Crippen LogP) is 4.74. The summed E-state index contributed by atoms with van der Waals surface area (Å²) in [6.07, 6.45) is 1.52. The van der Waals surface area contributed by atoms with E-state index in [0.29, 0.717) is 17.7 Å². The summed E-state index contributed by atoms with van der Waals surface area (Å²) >= 11 is 1.73. The zero-order valence-corrected chi connectivity index (χ0v) is 23.7. The van der Waals surface area contributed by atoms with Crippen molar-refractivity contribution in [1.82, 2.24) is 9.55 Å². The molecule has 3 heterocycles. The van der Waals surface area contributed by atoms with Gasteiger partial charge in [-0.05, 0) is 22.2 Å². The molecule has 0 spiro atoms. The molecular formula is C22H40N2O5SSi2. The topological polar surface area (TPSA) is 82.6 Å². The van der Waals surface area contributed by atoms with Gasteiger partial charge in [-0.1, -0.05) is 62.3 Å². The summed E-state index contributed by atoms with van der Waals surface area (Å²) in [7, 11) is -5.26. The molecule has 1 N–H and O–H groups in total. The summed E-state index contributed by atoms with van der Waals surface area (Å²) in [4.78, 5) is 26.5. The maximum atomic E-state index is 12.6. The van der Waals surface area contributed by atoms with E-state index in [9.17, 15) is 9.59 Å². The zero-order chi connectivity index (χ0) is 24.0. The number of fused-ring (bicyclic) bond motifs is 1. The van der Waals surface area contributed by atoms with Gasteiger partial charge in [0.05, 0.1) is 23.3 Å². The summed E-state index contributed by atoms with van der Waals surface area (Å²) in [5.41, 5.74) is 0.374. The second-order valence-electron chi connectivity index (χ2n) is 10.5. The highest BCUT2D eigenvalue weighted by molar-refractivity contribution is 8.00. The van der Waals surface area contributed by atoms with Gasteiger partial charge in [-0.3, -0.25) is 14.3 Å². The number of aromatic nitrogens is 2. The number of rotatable bonds is 5. The van der Waals surface area contributed by atoms with Crippen molar-refractivity contribution in [2.24, 2.45) is 5.92 Å². The number of H-pyrrole nitrogens is 1. The van der Waals surface area contributed by atoms with Gasteiger partial charge >= 0.3 is 22.8 Å². The normalized spacial score (nSPS) is 30.0. The molecule has 3 rings (SSSR count). The van der Waals surface area contributed by atoms with Gasteiger partial charge in [-0.15, -0.1) is 11.8 Å². The van der Waals surface area contributed by atoms with Gasteiger partial charge in [-0.25, -0.2) is 4.79 Å². The van der Waals surface area contributed by atoms with Crippen molar-refractivity contribution in [1.29, 1.82) is 0 Å². The minimum atomic E-state index is -2.68. The van der Waals surface area contributed by atoms with Crippen molar-refractivity contribution in [2.75, 3.05) is 6.61 Å². The maximum absolute atomic E-state index is 12.6. The van der Waals surface area contributed by atoms with E-state index in [-0.39, 0.29) is 45.0 Å². The third kappa shape index (κ3) is 4.38. The smallest absolute Gasteiger partial charge is 0.334 e. The van der Waals surface area contributed by atoms with E-state index in [2.05, 4.69) is 67.3 Å². The van der Waals surface area contributed by atoms with E-state index in [4.69, 9.17) is 13.0 Å². The Morgan fingerprint density at radius 2 is 1.56 bits per heavy atom. The Balaban J connectivity index is 2.08. The van der Waals surface area contributed by atoms with E-state index in [1.807, 2.05) is 0 Å². The molecule has 7 nitrogen and oxygen atoms in total. The van der Waals surface area contributed by atoms with Crippen molar-refractivity contribution in [3.05, 3.63) is 33.1 Å². The Labute approximate surface area is 198 Å². The molecule has 0 amide bonds. The number of hydrogen-bond donors (Lipinski definition) is 1. The van der Waals surface area contributed by atoms with Gasteiger partial charge in [0.15, 0.2) is 0 Å². The molecule has 4 atom stereocenters. The molecule has 2 saturated heterocycles. The Hall–Kier alpha value is -0.656. The summed E-state index contributed by atoms with van der Waals surface area (Å²) in [6, 6.07) is 1.41. The number of hydrogen-bond acceptors (Lipinski definition) is 6. The minimum absolute atomic E-state index is 0.0671. The Morgan fingerprint density at radius 3 is 2.06 bits per heavy atom. The molecule has 0 aromatic carbocycles. The van der Waals surface area contributed by atoms with Crippen LogP contribution in [-0.4, -0.2) is 44.6 Å². The van der Waals surface area contributed by atoms with Crippen LogP contribution in [0.4, 0.5) is 0 Å². The second kappa shape index (κ2) is 9.54. The first-order chi connectivity index (χ1) is 14.9. The Morgan fingerprint density at radius 1 is 1.00 bits per heavy atom. The number of nitrogens with one attached hydrogen (secondary N) is 1. The number of aromatic amines is 1. The van der Waals surface area contributed by atoms with E-state index < -0.39 is 17.1 Å². The lowest BCUT2D eigenvalue weighted by Gasteiger charge is -2.51. The van der Waals surface area contributed by atoms with Crippen LogP contribution in [0.1, 0.15) is 67.7 Å². The van der Waals surface area contributed by atoms with Crippen LogP contribution in [0.2, 0.25) is 22.2 Å². The SMILES string of the molecule is CC(C)[Si]1(C(C)C)OC[C@H]2S[C@@H](n3ccc(=O)[nH]c3=O)[C@H](C)[C@@H]2O[Si](C(C)C)(C(C)C)O1. The first-order valence-electron chi connectivity index (χ1n) is 11.8. The highest BCUT2D eigenvalue weighted by Crippen LogP contribution is 2.53. The van der Waals surface area contributed by atoms with Crippen molar-refractivity contribution in [3.63, 3.8) is 0 Å². The molecule has 2 aliphatic rings. The van der Waals surface area contributed by atoms with Gasteiger partial charge in [0, 0.05) is 18.2 Å². The van der Waals surface area contributed by atoms with Crippen LogP contribution in [0.15, 0.2) is 21.9 Å². The lowest BCUT2D eigenvalue weighted by molar-refractivity contribution is 0.0467. The molecule has 2 aliphatic heterocycles. The quantitative estimate of drug-likeness (QED) is 0.588. The average Bonchev–Trinajstić information content (AvgIpc) is 2.96. The van der Waals surface area contributed by atoms with E-state index in [0.717, 1.165) is 0 Å². The van der Waals surface area contributed by atoms with Gasteiger partial charge < -0.3 is 13.0 Å². The lowest BCUT2D eigenvalue weighted by Crippen LogP contribution is -2.65. The Kier molecular flexibility index (Phi) is 7.74. The van der Waals surface area contributed by atoms with E-state index in [1.54, 1.807) is 22.5 Å². The van der Waals surface area contributed by atoms with Gasteiger partial charge in [0.2, 0.25) is 0 Å².